The molecule has 1 amide bonds. The van der Waals surface area contributed by atoms with Crippen LogP contribution in [0.1, 0.15) is 341 Å². The van der Waals surface area contributed by atoms with E-state index in [2.05, 4.69) is 43.5 Å². The van der Waals surface area contributed by atoms with Crippen LogP contribution in [0.3, 0.4) is 0 Å². The minimum Gasteiger partial charge on any atom is -0.466 e. The molecule has 0 aromatic carbocycles. The van der Waals surface area contributed by atoms with Crippen LogP contribution in [-0.2, 0) is 14.3 Å². The van der Waals surface area contributed by atoms with Gasteiger partial charge in [-0.25, -0.2) is 0 Å². The second-order valence-electron chi connectivity index (χ2n) is 21.4. The minimum atomic E-state index is -0.671. The molecular weight excluding hydrogens is 851 g/mol. The topological polar surface area (TPSA) is 95.9 Å². The number of rotatable bonds is 58. The summed E-state index contributed by atoms with van der Waals surface area (Å²) >= 11 is 0. The lowest BCUT2D eigenvalue weighted by molar-refractivity contribution is -0.143. The van der Waals surface area contributed by atoms with E-state index in [1.165, 1.54) is 263 Å². The van der Waals surface area contributed by atoms with E-state index in [0.717, 1.165) is 44.9 Å². The van der Waals surface area contributed by atoms with Gasteiger partial charge in [0, 0.05) is 12.8 Å². The first kappa shape index (κ1) is 67.3. The van der Waals surface area contributed by atoms with Crippen molar-refractivity contribution in [3.05, 3.63) is 24.3 Å². The smallest absolute Gasteiger partial charge is 0.305 e. The first-order chi connectivity index (χ1) is 34.0. The highest BCUT2D eigenvalue weighted by atomic mass is 16.5. The third kappa shape index (κ3) is 55.5. The molecule has 6 heteroatoms. The molecule has 408 valence electrons. The molecule has 0 aliphatic carbocycles. The van der Waals surface area contributed by atoms with E-state index in [4.69, 9.17) is 4.74 Å². The zero-order chi connectivity index (χ0) is 50.0. The molecule has 0 heterocycles. The first-order valence-electron chi connectivity index (χ1n) is 31.1. The van der Waals surface area contributed by atoms with Crippen LogP contribution in [0.15, 0.2) is 24.3 Å². The Balaban J connectivity index is 3.44. The Morgan fingerprint density at radius 2 is 0.681 bits per heavy atom. The van der Waals surface area contributed by atoms with Crippen molar-refractivity contribution in [1.82, 2.24) is 5.32 Å². The molecule has 2 atom stereocenters. The number of allylic oxidation sites excluding steroid dienone is 4. The van der Waals surface area contributed by atoms with Gasteiger partial charge in [0.2, 0.25) is 5.91 Å². The number of nitrogens with one attached hydrogen (secondary N) is 1. The van der Waals surface area contributed by atoms with Gasteiger partial charge < -0.3 is 20.3 Å². The summed E-state index contributed by atoms with van der Waals surface area (Å²) in [6.45, 7) is 4.95. The summed E-state index contributed by atoms with van der Waals surface area (Å²) in [5, 5.41) is 23.3. The van der Waals surface area contributed by atoms with Crippen molar-refractivity contribution in [3.8, 4) is 0 Å². The van der Waals surface area contributed by atoms with Crippen LogP contribution in [0.5, 0.6) is 0 Å². The van der Waals surface area contributed by atoms with Crippen molar-refractivity contribution in [2.75, 3.05) is 13.2 Å². The fourth-order valence-corrected chi connectivity index (χ4v) is 9.69. The summed E-state index contributed by atoms with van der Waals surface area (Å²) in [4.78, 5) is 24.5. The second kappa shape index (κ2) is 58.9. The first-order valence-corrected chi connectivity index (χ1v) is 31.1. The van der Waals surface area contributed by atoms with Gasteiger partial charge in [0.15, 0.2) is 0 Å². The molecule has 0 saturated heterocycles. The molecule has 6 nitrogen and oxygen atoms in total. The van der Waals surface area contributed by atoms with E-state index >= 15 is 0 Å². The normalized spacial score (nSPS) is 12.7. The number of aliphatic hydroxyl groups is 2. The predicted molar refractivity (Wildman–Crippen MR) is 301 cm³/mol. The second-order valence-corrected chi connectivity index (χ2v) is 21.4. The monoisotopic (exact) mass is 972 g/mol. The van der Waals surface area contributed by atoms with Crippen LogP contribution in [0.4, 0.5) is 0 Å². The Bertz CT molecular complexity index is 1080. The molecule has 0 saturated carbocycles. The third-order valence-electron chi connectivity index (χ3n) is 14.5. The maximum atomic E-state index is 12.5. The number of hydrogen-bond acceptors (Lipinski definition) is 5. The van der Waals surface area contributed by atoms with Gasteiger partial charge in [-0.2, -0.15) is 0 Å². The van der Waals surface area contributed by atoms with Crippen LogP contribution in [0.25, 0.3) is 0 Å². The van der Waals surface area contributed by atoms with Crippen molar-refractivity contribution >= 4 is 11.9 Å². The molecule has 0 radical (unpaired) electrons. The number of unbranched alkanes of at least 4 members (excludes halogenated alkanes) is 43. The summed E-state index contributed by atoms with van der Waals surface area (Å²) in [7, 11) is 0. The maximum absolute atomic E-state index is 12.5. The molecule has 69 heavy (non-hydrogen) atoms. The van der Waals surface area contributed by atoms with Crippen LogP contribution in [0, 0.1) is 0 Å². The molecule has 0 aliphatic heterocycles. The average Bonchev–Trinajstić information content (AvgIpc) is 3.35. The number of esters is 1. The Morgan fingerprint density at radius 1 is 0.391 bits per heavy atom. The van der Waals surface area contributed by atoms with Crippen molar-refractivity contribution < 1.29 is 24.5 Å². The molecule has 0 bridgehead atoms. The van der Waals surface area contributed by atoms with Gasteiger partial charge in [-0.3, -0.25) is 9.59 Å². The molecule has 0 aliphatic rings. The number of ether oxygens (including phenoxy) is 1. The summed E-state index contributed by atoms with van der Waals surface area (Å²) in [5.74, 6) is -0.0460. The number of aliphatic hydroxyl groups excluding tert-OH is 2. The van der Waals surface area contributed by atoms with E-state index in [0.29, 0.717) is 25.9 Å². The summed E-state index contributed by atoms with van der Waals surface area (Å²) in [6.07, 6.45) is 71.8. The van der Waals surface area contributed by atoms with E-state index in [-0.39, 0.29) is 18.5 Å². The lowest BCUT2D eigenvalue weighted by atomic mass is 10.0. The summed E-state index contributed by atoms with van der Waals surface area (Å²) in [6, 6.07) is -0.549. The van der Waals surface area contributed by atoms with E-state index < -0.39 is 12.1 Å². The van der Waals surface area contributed by atoms with Crippen molar-refractivity contribution in [2.24, 2.45) is 0 Å². The van der Waals surface area contributed by atoms with Gasteiger partial charge in [-0.05, 0) is 77.0 Å². The van der Waals surface area contributed by atoms with Gasteiger partial charge in [0.25, 0.3) is 0 Å². The van der Waals surface area contributed by atoms with Gasteiger partial charge in [0.1, 0.15) is 0 Å². The van der Waals surface area contributed by atoms with Crippen molar-refractivity contribution in [2.45, 2.75) is 353 Å². The van der Waals surface area contributed by atoms with Crippen LogP contribution < -0.4 is 5.32 Å². The van der Waals surface area contributed by atoms with Crippen molar-refractivity contribution in [3.63, 3.8) is 0 Å². The van der Waals surface area contributed by atoms with E-state index in [1.54, 1.807) is 0 Å². The highest BCUT2D eigenvalue weighted by Crippen LogP contribution is 2.17. The number of amides is 1. The third-order valence-corrected chi connectivity index (χ3v) is 14.5. The average molecular weight is 973 g/mol. The maximum Gasteiger partial charge on any atom is 0.305 e. The fraction of sp³-hybridized carbons (Fsp3) is 0.905. The highest BCUT2D eigenvalue weighted by Gasteiger charge is 2.20. The van der Waals surface area contributed by atoms with Crippen molar-refractivity contribution in [1.29, 1.82) is 0 Å². The van der Waals surface area contributed by atoms with E-state index in [1.807, 2.05) is 0 Å². The Morgan fingerprint density at radius 3 is 1.03 bits per heavy atom. The standard InChI is InChI=1S/C63H121NO5/c1-3-5-7-9-11-13-15-17-19-20-22-25-28-31-35-39-43-47-51-55-61(66)60(59-65)64-62(67)56-52-48-44-40-36-32-29-26-23-21-24-27-30-34-38-42-46-50-54-58-69-63(68)57-53-49-45-41-37-33-18-16-14-12-10-8-6-4-2/h16,18,21,23,60-61,65-66H,3-15,17,19-20,22,24-59H2,1-2H3,(H,64,67)/b18-16-,23-21-. The molecule has 0 fully saturated rings. The lowest BCUT2D eigenvalue weighted by Crippen LogP contribution is -2.45. The van der Waals surface area contributed by atoms with E-state index in [9.17, 15) is 19.8 Å². The number of hydrogen-bond donors (Lipinski definition) is 3. The van der Waals surface area contributed by atoms with Gasteiger partial charge in [0.05, 0.1) is 25.4 Å². The van der Waals surface area contributed by atoms with Crippen LogP contribution in [-0.4, -0.2) is 47.4 Å². The molecule has 0 spiro atoms. The van der Waals surface area contributed by atoms with Crippen LogP contribution in [0.2, 0.25) is 0 Å². The molecule has 0 aromatic rings. The lowest BCUT2D eigenvalue weighted by Gasteiger charge is -2.22. The minimum absolute atomic E-state index is 0.00405. The number of carbonyl (C=O) groups excluding carboxylic acids is 2. The fourth-order valence-electron chi connectivity index (χ4n) is 9.69. The molecule has 3 N–H and O–H groups in total. The largest absolute Gasteiger partial charge is 0.466 e. The SMILES string of the molecule is CCCCCCC/C=C\CCCCCCCC(=O)OCCCCCCCCCC/C=C\CCCCCCCCCC(=O)NC(CO)C(O)CCCCCCCCCCCCCCCCCCCCC. The molecule has 2 unspecified atom stereocenters. The summed E-state index contributed by atoms with van der Waals surface area (Å²) in [5.41, 5.74) is 0. The molecule has 0 aromatic heterocycles. The molecular formula is C63H121NO5. The quantitative estimate of drug-likeness (QED) is 0.0321. The van der Waals surface area contributed by atoms with Gasteiger partial charge >= 0.3 is 5.97 Å². The Kier molecular flexibility index (Phi) is 57.5. The highest BCUT2D eigenvalue weighted by molar-refractivity contribution is 5.76. The summed E-state index contributed by atoms with van der Waals surface area (Å²) < 4.78 is 5.47. The Labute approximate surface area is 431 Å². The number of carbonyl (C=O) groups is 2. The Hall–Kier alpha value is -1.66. The zero-order valence-electron chi connectivity index (χ0n) is 46.6. The van der Waals surface area contributed by atoms with Crippen LogP contribution >= 0.6 is 0 Å². The van der Waals surface area contributed by atoms with Gasteiger partial charge in [-0.15, -0.1) is 0 Å². The predicted octanol–water partition coefficient (Wildman–Crippen LogP) is 19.4. The molecule has 0 rings (SSSR count). The zero-order valence-corrected chi connectivity index (χ0v) is 46.6. The van der Waals surface area contributed by atoms with Gasteiger partial charge in [-0.1, -0.05) is 276 Å².